The number of methoxy groups -OCH3 is 1. The highest BCUT2D eigenvalue weighted by molar-refractivity contribution is 5.87. The first-order valence-corrected chi connectivity index (χ1v) is 15.7. The van der Waals surface area contributed by atoms with Gasteiger partial charge in [-0.2, -0.15) is 13.2 Å². The van der Waals surface area contributed by atoms with Gasteiger partial charge in [0.15, 0.2) is 17.1 Å². The summed E-state index contributed by atoms with van der Waals surface area (Å²) in [4.78, 5) is 24.6. The van der Waals surface area contributed by atoms with Gasteiger partial charge >= 0.3 is 12.1 Å². The third kappa shape index (κ3) is 7.74. The summed E-state index contributed by atoms with van der Waals surface area (Å²) in [6.45, 7) is 3.05. The summed E-state index contributed by atoms with van der Waals surface area (Å²) >= 11 is 0. The van der Waals surface area contributed by atoms with E-state index in [2.05, 4.69) is 0 Å². The number of nitro groups is 1. The van der Waals surface area contributed by atoms with Crippen molar-refractivity contribution >= 4 is 22.6 Å². The molecule has 5 rings (SSSR count). The number of aliphatic hydroxyl groups is 1. The lowest BCUT2D eigenvalue weighted by Gasteiger charge is -2.36. The summed E-state index contributed by atoms with van der Waals surface area (Å²) in [5.74, 6) is 0.619. The number of fused-ring (bicyclic) bond motifs is 1. The second-order valence-corrected chi connectivity index (χ2v) is 11.8. The molecule has 13 heteroatoms. The molecule has 0 spiro atoms. The van der Waals surface area contributed by atoms with E-state index in [4.69, 9.17) is 14.2 Å². The maximum absolute atomic E-state index is 14.8. The molecule has 1 fully saturated rings. The maximum Gasteiger partial charge on any atom is 0.421 e. The predicted octanol–water partition coefficient (Wildman–Crippen LogP) is 6.40. The normalized spacial score (nSPS) is 15.6. The Morgan fingerprint density at radius 1 is 1.02 bits per heavy atom. The molecule has 0 radical (unpaired) electrons. The van der Waals surface area contributed by atoms with Crippen LogP contribution in [-0.4, -0.2) is 71.1 Å². The molecule has 1 unspecified atom stereocenters. The zero-order chi connectivity index (χ0) is 34.5. The Bertz CT molecular complexity index is 1740. The van der Waals surface area contributed by atoms with Gasteiger partial charge in [0, 0.05) is 61.9 Å². The highest BCUT2D eigenvalue weighted by atomic mass is 19.4. The predicted molar refractivity (Wildman–Crippen MR) is 172 cm³/mol. The molecule has 2 heterocycles. The van der Waals surface area contributed by atoms with Crippen LogP contribution in [0.2, 0.25) is 0 Å². The number of aromatic nitrogens is 1. The highest BCUT2D eigenvalue weighted by Crippen LogP contribution is 2.45. The van der Waals surface area contributed by atoms with Gasteiger partial charge in [0.25, 0.3) is 5.69 Å². The average molecular weight is 670 g/mol. The molecule has 4 aromatic rings. The molecule has 256 valence electrons. The second-order valence-electron chi connectivity index (χ2n) is 11.8. The highest BCUT2D eigenvalue weighted by Gasteiger charge is 2.56. The molecule has 1 aromatic heterocycles. The number of carbonyl (C=O) groups is 1. The van der Waals surface area contributed by atoms with E-state index in [1.165, 1.54) is 30.0 Å². The van der Waals surface area contributed by atoms with Crippen molar-refractivity contribution in [2.45, 2.75) is 57.0 Å². The summed E-state index contributed by atoms with van der Waals surface area (Å²) in [5, 5.41) is 23.1. The van der Waals surface area contributed by atoms with E-state index in [1.54, 1.807) is 37.3 Å². The lowest BCUT2D eigenvalue weighted by molar-refractivity contribution is -0.384. The number of rotatable bonds is 13. The molecular formula is C35H38F3N3O7. The van der Waals surface area contributed by atoms with Crippen LogP contribution in [0.15, 0.2) is 72.9 Å². The number of nitro benzene ring substituents is 1. The number of esters is 1. The third-order valence-corrected chi connectivity index (χ3v) is 8.69. The SMILES string of the molecule is CCOC(=O)Cc1ccc(OC2CCN(CCC(O)(c3cn(Cc4ccccc4)c4cc([N+](=O)[O-])ccc34)C(F)(F)F)CC2)c(OC)c1. The Balaban J connectivity index is 1.29. The van der Waals surface area contributed by atoms with Crippen LogP contribution in [0.5, 0.6) is 11.5 Å². The average Bonchev–Trinajstić information content (AvgIpc) is 3.42. The fraction of sp³-hybridized carbons (Fsp3) is 0.400. The van der Waals surface area contributed by atoms with Crippen molar-refractivity contribution in [1.29, 1.82) is 0 Å². The van der Waals surface area contributed by atoms with E-state index in [1.807, 2.05) is 23.1 Å². The van der Waals surface area contributed by atoms with Gasteiger partial charge in [-0.15, -0.1) is 0 Å². The molecule has 0 amide bonds. The molecule has 0 bridgehead atoms. The number of alkyl halides is 3. The van der Waals surface area contributed by atoms with Crippen molar-refractivity contribution < 1.29 is 42.2 Å². The van der Waals surface area contributed by atoms with E-state index in [0.717, 1.165) is 11.6 Å². The quantitative estimate of drug-likeness (QED) is 0.0989. The molecule has 0 saturated carbocycles. The van der Waals surface area contributed by atoms with E-state index < -0.39 is 23.1 Å². The monoisotopic (exact) mass is 669 g/mol. The summed E-state index contributed by atoms with van der Waals surface area (Å²) in [5.41, 5.74) is -2.06. The van der Waals surface area contributed by atoms with Crippen molar-refractivity contribution in [1.82, 2.24) is 9.47 Å². The van der Waals surface area contributed by atoms with Gasteiger partial charge in [-0.3, -0.25) is 14.9 Å². The number of likely N-dealkylation sites (tertiary alicyclic amines) is 1. The standard InChI is InChI=1S/C35H38F3N3O7/c1-3-47-33(42)20-25-9-12-31(32(19-25)46-2)48-27-13-16-39(17-14-27)18-15-34(43,35(36,37)38)29-23-40(22-24-7-5-4-6-8-24)30-21-26(41(44)45)10-11-28(29)30/h4-12,19,21,23,27,43H,3,13-18,20,22H2,1-2H3. The molecule has 0 aliphatic carbocycles. The summed E-state index contributed by atoms with van der Waals surface area (Å²) in [6, 6.07) is 17.9. The van der Waals surface area contributed by atoms with Crippen LogP contribution in [0.25, 0.3) is 10.9 Å². The van der Waals surface area contributed by atoms with Crippen molar-refractivity contribution in [3.63, 3.8) is 0 Å². The number of halogens is 3. The topological polar surface area (TPSA) is 116 Å². The lowest BCUT2D eigenvalue weighted by atomic mass is 9.88. The maximum atomic E-state index is 14.8. The molecular weight excluding hydrogens is 631 g/mol. The minimum absolute atomic E-state index is 0.0348. The first-order valence-electron chi connectivity index (χ1n) is 15.7. The summed E-state index contributed by atoms with van der Waals surface area (Å²) in [6.07, 6.45) is -3.41. The number of hydrogen-bond acceptors (Lipinski definition) is 8. The van der Waals surface area contributed by atoms with Crippen LogP contribution in [0.4, 0.5) is 18.9 Å². The Hall–Kier alpha value is -4.62. The molecule has 1 N–H and O–H groups in total. The summed E-state index contributed by atoms with van der Waals surface area (Å²) < 4.78 is 62.5. The molecule has 1 aliphatic heterocycles. The van der Waals surface area contributed by atoms with E-state index >= 15 is 0 Å². The number of nitrogens with zero attached hydrogens (tertiary/aromatic N) is 3. The van der Waals surface area contributed by atoms with Gasteiger partial charge in [-0.1, -0.05) is 36.4 Å². The van der Waals surface area contributed by atoms with E-state index in [-0.39, 0.29) is 60.3 Å². The minimum atomic E-state index is -5.02. The largest absolute Gasteiger partial charge is 0.493 e. The van der Waals surface area contributed by atoms with Crippen molar-refractivity contribution in [2.75, 3.05) is 33.4 Å². The number of hydrogen-bond donors (Lipinski definition) is 1. The van der Waals surface area contributed by atoms with Crippen molar-refractivity contribution in [2.24, 2.45) is 0 Å². The fourth-order valence-electron chi connectivity index (χ4n) is 6.11. The molecule has 3 aromatic carbocycles. The number of carbonyl (C=O) groups excluding carboxylic acids is 1. The van der Waals surface area contributed by atoms with Crippen LogP contribution in [0.1, 0.15) is 42.9 Å². The van der Waals surface area contributed by atoms with Crippen LogP contribution < -0.4 is 9.47 Å². The van der Waals surface area contributed by atoms with Gasteiger partial charge < -0.3 is 28.8 Å². The van der Waals surface area contributed by atoms with Crippen LogP contribution in [0, 0.1) is 10.1 Å². The molecule has 1 saturated heterocycles. The number of ether oxygens (including phenoxy) is 3. The second kappa shape index (κ2) is 14.7. The Labute approximate surface area is 275 Å². The van der Waals surface area contributed by atoms with Crippen LogP contribution >= 0.6 is 0 Å². The van der Waals surface area contributed by atoms with Gasteiger partial charge in [0.2, 0.25) is 0 Å². The molecule has 48 heavy (non-hydrogen) atoms. The van der Waals surface area contributed by atoms with Crippen LogP contribution in [0.3, 0.4) is 0 Å². The van der Waals surface area contributed by atoms with Gasteiger partial charge in [0.05, 0.1) is 30.6 Å². The van der Waals surface area contributed by atoms with Gasteiger partial charge in [-0.25, -0.2) is 0 Å². The Morgan fingerprint density at radius 3 is 2.40 bits per heavy atom. The summed E-state index contributed by atoms with van der Waals surface area (Å²) in [7, 11) is 1.50. The first-order chi connectivity index (χ1) is 22.9. The Kier molecular flexibility index (Phi) is 10.6. The molecule has 10 nitrogen and oxygen atoms in total. The van der Waals surface area contributed by atoms with Gasteiger partial charge in [0.1, 0.15) is 6.10 Å². The van der Waals surface area contributed by atoms with Crippen LogP contribution in [-0.2, 0) is 28.1 Å². The smallest absolute Gasteiger partial charge is 0.421 e. The number of non-ortho nitro benzene ring substituents is 1. The van der Waals surface area contributed by atoms with Gasteiger partial charge in [-0.05, 0) is 49.1 Å². The van der Waals surface area contributed by atoms with Crippen molar-refractivity contribution in [3.8, 4) is 11.5 Å². The number of piperidine rings is 1. The van der Waals surface area contributed by atoms with Crippen molar-refractivity contribution in [3.05, 3.63) is 99.7 Å². The van der Waals surface area contributed by atoms with E-state index in [9.17, 15) is 33.2 Å². The zero-order valence-electron chi connectivity index (χ0n) is 26.7. The fourth-order valence-corrected chi connectivity index (χ4v) is 6.11. The lowest BCUT2D eigenvalue weighted by Crippen LogP contribution is -2.46. The Morgan fingerprint density at radius 2 is 1.75 bits per heavy atom. The molecule has 1 aliphatic rings. The first kappa shape index (κ1) is 34.7. The minimum Gasteiger partial charge on any atom is -0.493 e. The third-order valence-electron chi connectivity index (χ3n) is 8.69. The zero-order valence-corrected chi connectivity index (χ0v) is 26.7. The molecule has 1 atom stereocenters. The number of benzene rings is 3. The van der Waals surface area contributed by atoms with E-state index in [0.29, 0.717) is 43.0 Å².